The molecule has 12 heavy (non-hydrogen) atoms. The van der Waals surface area contributed by atoms with E-state index in [2.05, 4.69) is 18.7 Å². The summed E-state index contributed by atoms with van der Waals surface area (Å²) in [5.41, 5.74) is 0. The number of likely N-dealkylation sites (N-methyl/N-ethyl adjacent to an activating group) is 1. The molecule has 0 atom stereocenters. The fraction of sp³-hybridized carbons (Fsp3) is 0.889. The summed E-state index contributed by atoms with van der Waals surface area (Å²) in [5.74, 6) is 0.251. The Hall–Kier alpha value is -0.570. The van der Waals surface area contributed by atoms with Gasteiger partial charge in [0.1, 0.15) is 0 Å². The van der Waals surface area contributed by atoms with Crippen LogP contribution in [0.3, 0.4) is 0 Å². The molecule has 3 nitrogen and oxygen atoms in total. The number of carbonyl (C=O) groups excluding carboxylic acids is 1. The molecule has 1 rings (SSSR count). The second-order valence-electron chi connectivity index (χ2n) is 3.73. The van der Waals surface area contributed by atoms with E-state index in [-0.39, 0.29) is 5.91 Å². The van der Waals surface area contributed by atoms with Crippen molar-refractivity contribution in [2.24, 2.45) is 0 Å². The van der Waals surface area contributed by atoms with Gasteiger partial charge in [-0.1, -0.05) is 0 Å². The van der Waals surface area contributed by atoms with Gasteiger partial charge < -0.3 is 4.90 Å². The molecule has 0 saturated carbocycles. The van der Waals surface area contributed by atoms with E-state index in [4.69, 9.17) is 0 Å². The lowest BCUT2D eigenvalue weighted by Crippen LogP contribution is -2.37. The molecule has 0 aromatic carbocycles. The first-order valence-electron chi connectivity index (χ1n) is 4.59. The summed E-state index contributed by atoms with van der Waals surface area (Å²) in [6.45, 7) is 6.82. The third kappa shape index (κ3) is 2.21. The molecule has 0 aliphatic carbocycles. The van der Waals surface area contributed by atoms with Gasteiger partial charge in [-0.2, -0.15) is 0 Å². The molecule has 0 bridgehead atoms. The van der Waals surface area contributed by atoms with Gasteiger partial charge in [-0.05, 0) is 20.3 Å². The van der Waals surface area contributed by atoms with Gasteiger partial charge in [-0.15, -0.1) is 0 Å². The van der Waals surface area contributed by atoms with Crippen molar-refractivity contribution in [1.29, 1.82) is 0 Å². The van der Waals surface area contributed by atoms with Crippen LogP contribution in [0, 0.1) is 0 Å². The van der Waals surface area contributed by atoms with Crippen LogP contribution in [-0.4, -0.2) is 48.4 Å². The Kier molecular flexibility index (Phi) is 3.09. The largest absolute Gasteiger partial charge is 0.345 e. The Morgan fingerprint density at radius 2 is 2.00 bits per heavy atom. The van der Waals surface area contributed by atoms with E-state index >= 15 is 0 Å². The maximum absolute atomic E-state index is 11.4. The van der Waals surface area contributed by atoms with Crippen LogP contribution in [0.15, 0.2) is 0 Å². The van der Waals surface area contributed by atoms with Crippen LogP contribution in [-0.2, 0) is 4.79 Å². The van der Waals surface area contributed by atoms with Crippen molar-refractivity contribution in [3.05, 3.63) is 0 Å². The molecule has 3 heteroatoms. The summed E-state index contributed by atoms with van der Waals surface area (Å²) in [6.07, 6.45) is 1.10. The number of hydrogen-bond donors (Lipinski definition) is 0. The quantitative estimate of drug-likeness (QED) is 0.574. The van der Waals surface area contributed by atoms with Crippen molar-refractivity contribution in [1.82, 2.24) is 9.80 Å². The van der Waals surface area contributed by atoms with E-state index in [0.717, 1.165) is 19.5 Å². The maximum Gasteiger partial charge on any atom is 0.236 e. The lowest BCUT2D eigenvalue weighted by Gasteiger charge is -2.23. The summed E-state index contributed by atoms with van der Waals surface area (Å²) in [7, 11) is 1.88. The Morgan fingerprint density at radius 3 is 2.58 bits per heavy atom. The molecule has 70 valence electrons. The van der Waals surface area contributed by atoms with Crippen LogP contribution in [0.2, 0.25) is 0 Å². The Labute approximate surface area is 74.3 Å². The molecule has 1 aliphatic rings. The lowest BCUT2D eigenvalue weighted by molar-refractivity contribution is -0.130. The van der Waals surface area contributed by atoms with E-state index in [0.29, 0.717) is 12.6 Å². The zero-order chi connectivity index (χ0) is 9.14. The number of hydrogen-bond acceptors (Lipinski definition) is 2. The fourth-order valence-corrected chi connectivity index (χ4v) is 1.45. The summed E-state index contributed by atoms with van der Waals surface area (Å²) in [6, 6.07) is 0.487. The topological polar surface area (TPSA) is 23.6 Å². The first-order chi connectivity index (χ1) is 5.61. The third-order valence-corrected chi connectivity index (χ3v) is 2.43. The molecular weight excluding hydrogens is 152 g/mol. The van der Waals surface area contributed by atoms with Gasteiger partial charge in [0.2, 0.25) is 5.91 Å². The highest BCUT2D eigenvalue weighted by atomic mass is 16.2. The highest BCUT2D eigenvalue weighted by molar-refractivity contribution is 5.78. The van der Waals surface area contributed by atoms with E-state index in [9.17, 15) is 4.79 Å². The predicted molar refractivity (Wildman–Crippen MR) is 49.0 cm³/mol. The highest BCUT2D eigenvalue weighted by Crippen LogP contribution is 2.05. The second kappa shape index (κ2) is 3.90. The van der Waals surface area contributed by atoms with E-state index in [1.807, 2.05) is 11.9 Å². The van der Waals surface area contributed by atoms with Crippen molar-refractivity contribution < 1.29 is 4.79 Å². The average molecular weight is 170 g/mol. The monoisotopic (exact) mass is 170 g/mol. The van der Waals surface area contributed by atoms with Gasteiger partial charge in [-0.25, -0.2) is 0 Å². The van der Waals surface area contributed by atoms with Crippen LogP contribution in [0.25, 0.3) is 0 Å². The van der Waals surface area contributed by atoms with Crippen molar-refractivity contribution in [3.8, 4) is 0 Å². The molecule has 0 spiro atoms. The number of amides is 1. The Balaban J connectivity index is 2.54. The van der Waals surface area contributed by atoms with Crippen molar-refractivity contribution in [3.63, 3.8) is 0 Å². The predicted octanol–water partition coefficient (Wildman–Crippen LogP) is 0.559. The van der Waals surface area contributed by atoms with E-state index in [1.54, 1.807) is 0 Å². The van der Waals surface area contributed by atoms with Crippen molar-refractivity contribution in [2.45, 2.75) is 26.3 Å². The molecule has 1 saturated heterocycles. The SMILES string of the molecule is CC(C)N1CCCN(C)C(=O)C1. The molecule has 1 fully saturated rings. The normalized spacial score (nSPS) is 21.7. The van der Waals surface area contributed by atoms with E-state index in [1.165, 1.54) is 0 Å². The molecule has 0 aromatic heterocycles. The lowest BCUT2D eigenvalue weighted by atomic mass is 10.3. The Bertz CT molecular complexity index is 168. The summed E-state index contributed by atoms with van der Waals surface area (Å²) < 4.78 is 0. The summed E-state index contributed by atoms with van der Waals surface area (Å²) >= 11 is 0. The second-order valence-corrected chi connectivity index (χ2v) is 3.73. The number of rotatable bonds is 1. The minimum atomic E-state index is 0.251. The maximum atomic E-state index is 11.4. The summed E-state index contributed by atoms with van der Waals surface area (Å²) in [5, 5.41) is 0. The van der Waals surface area contributed by atoms with E-state index < -0.39 is 0 Å². The van der Waals surface area contributed by atoms with Crippen molar-refractivity contribution in [2.75, 3.05) is 26.7 Å². The van der Waals surface area contributed by atoms with Gasteiger partial charge in [0.15, 0.2) is 0 Å². The van der Waals surface area contributed by atoms with Crippen LogP contribution in [0.4, 0.5) is 0 Å². The first-order valence-corrected chi connectivity index (χ1v) is 4.59. The molecule has 0 unspecified atom stereocenters. The minimum Gasteiger partial charge on any atom is -0.345 e. The summed E-state index contributed by atoms with van der Waals surface area (Å²) in [4.78, 5) is 15.5. The third-order valence-electron chi connectivity index (χ3n) is 2.43. The van der Waals surface area contributed by atoms with Gasteiger partial charge in [0, 0.05) is 26.2 Å². The Morgan fingerprint density at radius 1 is 1.33 bits per heavy atom. The minimum absolute atomic E-state index is 0.251. The molecule has 1 amide bonds. The standard InChI is InChI=1S/C9H18N2O/c1-8(2)11-6-4-5-10(3)9(12)7-11/h8H,4-7H2,1-3H3. The highest BCUT2D eigenvalue weighted by Gasteiger charge is 2.19. The molecule has 1 aliphatic heterocycles. The van der Waals surface area contributed by atoms with Gasteiger partial charge in [0.05, 0.1) is 6.54 Å². The number of nitrogens with zero attached hydrogens (tertiary/aromatic N) is 2. The number of carbonyl (C=O) groups is 1. The van der Waals surface area contributed by atoms with Crippen LogP contribution in [0.5, 0.6) is 0 Å². The zero-order valence-electron chi connectivity index (χ0n) is 8.21. The molecule has 1 heterocycles. The smallest absolute Gasteiger partial charge is 0.236 e. The van der Waals surface area contributed by atoms with Crippen LogP contribution < -0.4 is 0 Å². The average Bonchev–Trinajstić information content (AvgIpc) is 2.15. The van der Waals surface area contributed by atoms with Gasteiger partial charge >= 0.3 is 0 Å². The molecule has 0 radical (unpaired) electrons. The van der Waals surface area contributed by atoms with Gasteiger partial charge in [0.25, 0.3) is 0 Å². The molecular formula is C9H18N2O. The fourth-order valence-electron chi connectivity index (χ4n) is 1.45. The first kappa shape index (κ1) is 9.52. The van der Waals surface area contributed by atoms with Gasteiger partial charge in [-0.3, -0.25) is 9.69 Å². The zero-order valence-corrected chi connectivity index (χ0v) is 8.21. The van der Waals surface area contributed by atoms with Crippen LogP contribution >= 0.6 is 0 Å². The molecule has 0 aromatic rings. The molecule has 0 N–H and O–H groups in total. The van der Waals surface area contributed by atoms with Crippen molar-refractivity contribution >= 4 is 5.91 Å². The van der Waals surface area contributed by atoms with Crippen LogP contribution in [0.1, 0.15) is 20.3 Å².